The molecule has 114 valence electrons. The molecule has 0 amide bonds. The highest BCUT2D eigenvalue weighted by atomic mass is 16.6. The molecule has 2 aromatic carbocycles. The summed E-state index contributed by atoms with van der Waals surface area (Å²) in [5, 5.41) is 11.0. The molecule has 7 heteroatoms. The van der Waals surface area contributed by atoms with Gasteiger partial charge in [0, 0.05) is 17.7 Å². The second-order valence-electron chi connectivity index (χ2n) is 4.92. The number of nitrogens with zero attached hydrogens (tertiary/aromatic N) is 3. The molecule has 0 saturated heterocycles. The van der Waals surface area contributed by atoms with Crippen molar-refractivity contribution in [2.45, 2.75) is 6.54 Å². The number of aromatic nitrogens is 2. The van der Waals surface area contributed by atoms with Crippen molar-refractivity contribution in [1.82, 2.24) is 9.55 Å². The largest absolute Gasteiger partial charge is 0.292 e. The fourth-order valence-electron chi connectivity index (χ4n) is 2.23. The van der Waals surface area contributed by atoms with E-state index in [-0.39, 0.29) is 23.6 Å². The Bertz CT molecular complexity index is 961. The van der Waals surface area contributed by atoms with Gasteiger partial charge in [0.25, 0.3) is 11.2 Å². The third-order valence-corrected chi connectivity index (χ3v) is 3.45. The first-order valence-electron chi connectivity index (χ1n) is 6.78. The molecule has 3 rings (SSSR count). The number of hydrogen-bond acceptors (Lipinski definition) is 5. The van der Waals surface area contributed by atoms with Crippen molar-refractivity contribution in [3.8, 4) is 0 Å². The zero-order valence-corrected chi connectivity index (χ0v) is 11.9. The number of ketones is 1. The molecule has 0 saturated carbocycles. The van der Waals surface area contributed by atoms with Crippen molar-refractivity contribution < 1.29 is 9.72 Å². The monoisotopic (exact) mass is 309 g/mol. The highest BCUT2D eigenvalue weighted by Gasteiger charge is 2.12. The van der Waals surface area contributed by atoms with Crippen molar-refractivity contribution in [3.05, 3.63) is 80.9 Å². The summed E-state index contributed by atoms with van der Waals surface area (Å²) in [5.41, 5.74) is 0.476. The molecule has 1 aromatic heterocycles. The Balaban J connectivity index is 1.89. The van der Waals surface area contributed by atoms with Crippen LogP contribution in [-0.2, 0) is 6.54 Å². The summed E-state index contributed by atoms with van der Waals surface area (Å²) in [6.45, 7) is -0.172. The Kier molecular flexibility index (Phi) is 3.68. The van der Waals surface area contributed by atoms with Gasteiger partial charge in [0.15, 0.2) is 5.78 Å². The predicted molar refractivity (Wildman–Crippen MR) is 83.4 cm³/mol. The molecule has 0 aliphatic carbocycles. The van der Waals surface area contributed by atoms with Crippen LogP contribution in [0.5, 0.6) is 0 Å². The number of carbonyl (C=O) groups is 1. The molecule has 7 nitrogen and oxygen atoms in total. The average molecular weight is 309 g/mol. The van der Waals surface area contributed by atoms with Crippen LogP contribution in [0.4, 0.5) is 5.69 Å². The van der Waals surface area contributed by atoms with Gasteiger partial charge in [-0.2, -0.15) is 0 Å². The van der Waals surface area contributed by atoms with E-state index < -0.39 is 4.92 Å². The standard InChI is InChI=1S/C16H11N3O4/c20-15(11-5-7-12(8-6-11)19(22)23)9-18-10-17-14-4-2-1-3-13(14)16(18)21/h1-8,10H,9H2. The van der Waals surface area contributed by atoms with Gasteiger partial charge in [-0.05, 0) is 24.3 Å². The maximum absolute atomic E-state index is 12.3. The van der Waals surface area contributed by atoms with Crippen LogP contribution in [0.1, 0.15) is 10.4 Å². The lowest BCUT2D eigenvalue weighted by molar-refractivity contribution is -0.384. The van der Waals surface area contributed by atoms with E-state index in [1.165, 1.54) is 35.2 Å². The van der Waals surface area contributed by atoms with E-state index in [0.29, 0.717) is 16.5 Å². The summed E-state index contributed by atoms with van der Waals surface area (Å²) in [4.78, 5) is 38.8. The van der Waals surface area contributed by atoms with Crippen LogP contribution in [-0.4, -0.2) is 20.3 Å². The SMILES string of the molecule is O=C(Cn1cnc2ccccc2c1=O)c1ccc([N+](=O)[O-])cc1. The number of carbonyl (C=O) groups excluding carboxylic acids is 1. The highest BCUT2D eigenvalue weighted by Crippen LogP contribution is 2.13. The van der Waals surface area contributed by atoms with Crippen molar-refractivity contribution in [2.24, 2.45) is 0 Å². The molecule has 0 N–H and O–H groups in total. The van der Waals surface area contributed by atoms with E-state index in [9.17, 15) is 19.7 Å². The van der Waals surface area contributed by atoms with Crippen LogP contribution in [0.2, 0.25) is 0 Å². The maximum atomic E-state index is 12.3. The topological polar surface area (TPSA) is 95.1 Å². The van der Waals surface area contributed by atoms with Crippen molar-refractivity contribution in [3.63, 3.8) is 0 Å². The summed E-state index contributed by atoms with van der Waals surface area (Å²) in [5.74, 6) is -0.320. The molecule has 0 aliphatic rings. The van der Waals surface area contributed by atoms with Crippen molar-refractivity contribution in [2.75, 3.05) is 0 Å². The lowest BCUT2D eigenvalue weighted by Gasteiger charge is -2.06. The molecule has 1 heterocycles. The third kappa shape index (κ3) is 2.84. The minimum atomic E-state index is -0.536. The third-order valence-electron chi connectivity index (χ3n) is 3.45. The summed E-state index contributed by atoms with van der Waals surface area (Å²) < 4.78 is 1.23. The van der Waals surface area contributed by atoms with Crippen LogP contribution in [0.15, 0.2) is 59.7 Å². The second kappa shape index (κ2) is 5.80. The van der Waals surface area contributed by atoms with Crippen LogP contribution in [0.3, 0.4) is 0 Å². The van der Waals surface area contributed by atoms with E-state index >= 15 is 0 Å². The smallest absolute Gasteiger partial charge is 0.269 e. The first-order chi connectivity index (χ1) is 11.1. The highest BCUT2D eigenvalue weighted by molar-refractivity contribution is 5.96. The van der Waals surface area contributed by atoms with E-state index in [1.807, 2.05) is 0 Å². The number of rotatable bonds is 4. The normalized spacial score (nSPS) is 10.6. The number of para-hydroxylation sites is 1. The lowest BCUT2D eigenvalue weighted by atomic mass is 10.1. The molecule has 0 atom stereocenters. The Morgan fingerprint density at radius 2 is 1.83 bits per heavy atom. The number of hydrogen-bond donors (Lipinski definition) is 0. The molecule has 3 aromatic rings. The molecular weight excluding hydrogens is 298 g/mol. The minimum absolute atomic E-state index is 0.0916. The Hall–Kier alpha value is -3.35. The van der Waals surface area contributed by atoms with E-state index in [1.54, 1.807) is 24.3 Å². The quantitative estimate of drug-likeness (QED) is 0.418. The predicted octanol–water partition coefficient (Wildman–Crippen LogP) is 2.19. The van der Waals surface area contributed by atoms with Gasteiger partial charge < -0.3 is 0 Å². The summed E-state index contributed by atoms with van der Waals surface area (Å²) in [7, 11) is 0. The van der Waals surface area contributed by atoms with Crippen molar-refractivity contribution in [1.29, 1.82) is 0 Å². The minimum Gasteiger partial charge on any atom is -0.292 e. The molecule has 23 heavy (non-hydrogen) atoms. The van der Waals surface area contributed by atoms with Gasteiger partial charge in [-0.1, -0.05) is 12.1 Å². The number of nitro groups is 1. The fourth-order valence-corrected chi connectivity index (χ4v) is 2.23. The van der Waals surface area contributed by atoms with E-state index in [2.05, 4.69) is 4.98 Å². The van der Waals surface area contributed by atoms with Crippen LogP contribution < -0.4 is 5.56 Å². The number of nitro benzene ring substituents is 1. The van der Waals surface area contributed by atoms with Gasteiger partial charge in [0.1, 0.15) is 0 Å². The molecule has 0 unspecified atom stereocenters. The Labute approximate surface area is 130 Å². The molecule has 0 spiro atoms. The summed E-state index contributed by atoms with van der Waals surface area (Å²) >= 11 is 0. The number of Topliss-reactive ketones (excluding diaryl/α,β-unsaturated/α-hetero) is 1. The fraction of sp³-hybridized carbons (Fsp3) is 0.0625. The molecular formula is C16H11N3O4. The van der Waals surface area contributed by atoms with Gasteiger partial charge in [-0.15, -0.1) is 0 Å². The number of non-ortho nitro benzene ring substituents is 1. The van der Waals surface area contributed by atoms with Gasteiger partial charge in [0.2, 0.25) is 0 Å². The maximum Gasteiger partial charge on any atom is 0.269 e. The van der Waals surface area contributed by atoms with Crippen LogP contribution >= 0.6 is 0 Å². The second-order valence-corrected chi connectivity index (χ2v) is 4.92. The first kappa shape index (κ1) is 14.6. The van der Waals surface area contributed by atoms with E-state index in [4.69, 9.17) is 0 Å². The Morgan fingerprint density at radius 3 is 2.52 bits per heavy atom. The zero-order chi connectivity index (χ0) is 16.4. The van der Waals surface area contributed by atoms with E-state index in [0.717, 1.165) is 0 Å². The molecule has 0 radical (unpaired) electrons. The van der Waals surface area contributed by atoms with Crippen LogP contribution in [0.25, 0.3) is 10.9 Å². The average Bonchev–Trinajstić information content (AvgIpc) is 2.57. The Morgan fingerprint density at radius 1 is 1.13 bits per heavy atom. The lowest BCUT2D eigenvalue weighted by Crippen LogP contribution is -2.24. The summed E-state index contributed by atoms with van der Waals surface area (Å²) in [6.07, 6.45) is 1.33. The van der Waals surface area contributed by atoms with Gasteiger partial charge in [-0.25, -0.2) is 4.98 Å². The first-order valence-corrected chi connectivity index (χ1v) is 6.78. The number of benzene rings is 2. The van der Waals surface area contributed by atoms with Gasteiger partial charge in [-0.3, -0.25) is 24.3 Å². The molecule has 0 aliphatic heterocycles. The van der Waals surface area contributed by atoms with Crippen molar-refractivity contribution >= 4 is 22.4 Å². The summed E-state index contributed by atoms with van der Waals surface area (Å²) in [6, 6.07) is 12.1. The van der Waals surface area contributed by atoms with Crippen LogP contribution in [0, 0.1) is 10.1 Å². The molecule has 0 bridgehead atoms. The number of fused-ring (bicyclic) bond motifs is 1. The van der Waals surface area contributed by atoms with Gasteiger partial charge >= 0.3 is 0 Å². The zero-order valence-electron chi connectivity index (χ0n) is 11.9. The van der Waals surface area contributed by atoms with Gasteiger partial charge in [0.05, 0.1) is 28.7 Å². The molecule has 0 fully saturated rings.